The maximum absolute atomic E-state index is 4.90. The Morgan fingerprint density at radius 3 is 2.96 bits per heavy atom. The molecule has 1 atom stereocenters. The quantitative estimate of drug-likeness (QED) is 0.718. The molecule has 1 aliphatic heterocycles. The third kappa shape index (κ3) is 3.30. The summed E-state index contributed by atoms with van der Waals surface area (Å²) in [6.45, 7) is 4.02. The average molecular weight is 334 g/mol. The lowest BCUT2D eigenvalue weighted by Gasteiger charge is -2.23. The zero-order valence-corrected chi connectivity index (χ0v) is 14.4. The highest BCUT2D eigenvalue weighted by atomic mass is 15.2. The van der Waals surface area contributed by atoms with Crippen LogP contribution in [-0.4, -0.2) is 35.9 Å². The zero-order valence-electron chi connectivity index (χ0n) is 14.4. The predicted molar refractivity (Wildman–Crippen MR) is 95.2 cm³/mol. The summed E-state index contributed by atoms with van der Waals surface area (Å²) in [7, 11) is 0. The fourth-order valence-electron chi connectivity index (χ4n) is 3.50. The number of imidazole rings is 1. The topological polar surface area (TPSA) is 59.7 Å². The van der Waals surface area contributed by atoms with Crippen LogP contribution in [-0.2, 0) is 13.0 Å². The van der Waals surface area contributed by atoms with E-state index in [0.717, 1.165) is 49.0 Å². The van der Waals surface area contributed by atoms with Crippen molar-refractivity contribution in [3.63, 3.8) is 0 Å². The highest BCUT2D eigenvalue weighted by molar-refractivity contribution is 5.24. The number of aromatic nitrogens is 5. The number of aryl methyl sites for hydroxylation is 1. The van der Waals surface area contributed by atoms with Gasteiger partial charge in [-0.1, -0.05) is 13.0 Å². The summed E-state index contributed by atoms with van der Waals surface area (Å²) in [5, 5.41) is 0. The molecule has 0 N–H and O–H groups in total. The lowest BCUT2D eigenvalue weighted by molar-refractivity contribution is 0.241. The van der Waals surface area contributed by atoms with Crippen molar-refractivity contribution in [3.8, 4) is 5.82 Å². The molecular formula is C19H22N6. The van der Waals surface area contributed by atoms with Crippen LogP contribution in [0.5, 0.6) is 0 Å². The Morgan fingerprint density at radius 1 is 1.16 bits per heavy atom. The molecule has 4 heterocycles. The van der Waals surface area contributed by atoms with Gasteiger partial charge in [0.05, 0.1) is 29.8 Å². The van der Waals surface area contributed by atoms with Crippen molar-refractivity contribution in [1.29, 1.82) is 0 Å². The molecule has 1 fully saturated rings. The number of hydrogen-bond acceptors (Lipinski definition) is 5. The molecule has 25 heavy (non-hydrogen) atoms. The summed E-state index contributed by atoms with van der Waals surface area (Å²) < 4.78 is 2.02. The third-order valence-corrected chi connectivity index (χ3v) is 4.72. The van der Waals surface area contributed by atoms with Gasteiger partial charge >= 0.3 is 0 Å². The Balaban J connectivity index is 1.59. The van der Waals surface area contributed by atoms with Gasteiger partial charge in [0.1, 0.15) is 5.82 Å². The van der Waals surface area contributed by atoms with Crippen molar-refractivity contribution in [2.75, 3.05) is 6.54 Å². The van der Waals surface area contributed by atoms with E-state index in [1.807, 2.05) is 47.7 Å². The minimum atomic E-state index is 0.294. The van der Waals surface area contributed by atoms with Gasteiger partial charge in [0, 0.05) is 31.6 Å². The van der Waals surface area contributed by atoms with Gasteiger partial charge in [-0.15, -0.1) is 0 Å². The monoisotopic (exact) mass is 334 g/mol. The maximum atomic E-state index is 4.90. The predicted octanol–water partition coefficient (Wildman–Crippen LogP) is 2.96. The highest BCUT2D eigenvalue weighted by Gasteiger charge is 2.28. The first-order chi connectivity index (χ1) is 12.3. The first-order valence-electron chi connectivity index (χ1n) is 8.83. The van der Waals surface area contributed by atoms with Crippen LogP contribution in [0.15, 0.2) is 49.2 Å². The molecule has 0 unspecified atom stereocenters. The van der Waals surface area contributed by atoms with E-state index in [-0.39, 0.29) is 0 Å². The van der Waals surface area contributed by atoms with E-state index < -0.39 is 0 Å². The Bertz CT molecular complexity index is 829. The molecule has 6 heteroatoms. The Morgan fingerprint density at radius 2 is 2.12 bits per heavy atom. The standard InChI is InChI=1S/C19H22N6/c1-2-18-22-9-11-25(18)19-13-20-12-16(23-19)17-7-5-10-24(17)14-15-6-3-4-8-21-15/h3-4,6,8-9,11-13,17H,2,5,7,10,14H2,1H3/t17-/m1/s1. The Labute approximate surface area is 147 Å². The summed E-state index contributed by atoms with van der Waals surface area (Å²) >= 11 is 0. The number of pyridine rings is 1. The van der Waals surface area contributed by atoms with Crippen LogP contribution in [0, 0.1) is 0 Å². The van der Waals surface area contributed by atoms with Gasteiger partial charge in [0.25, 0.3) is 0 Å². The van der Waals surface area contributed by atoms with E-state index in [1.165, 1.54) is 6.42 Å². The maximum Gasteiger partial charge on any atom is 0.156 e. The van der Waals surface area contributed by atoms with Crippen molar-refractivity contribution < 1.29 is 0 Å². The Kier molecular flexibility index (Phi) is 4.52. The van der Waals surface area contributed by atoms with Crippen molar-refractivity contribution >= 4 is 0 Å². The fraction of sp³-hybridized carbons (Fsp3) is 0.368. The van der Waals surface area contributed by atoms with Crippen molar-refractivity contribution in [2.24, 2.45) is 0 Å². The summed E-state index contributed by atoms with van der Waals surface area (Å²) in [5.41, 5.74) is 2.13. The van der Waals surface area contributed by atoms with Crippen molar-refractivity contribution in [1.82, 2.24) is 29.4 Å². The van der Waals surface area contributed by atoms with Gasteiger partial charge in [0.15, 0.2) is 5.82 Å². The minimum absolute atomic E-state index is 0.294. The van der Waals surface area contributed by atoms with Crippen LogP contribution in [0.2, 0.25) is 0 Å². The molecule has 3 aromatic rings. The summed E-state index contributed by atoms with van der Waals surface area (Å²) in [6, 6.07) is 6.37. The van der Waals surface area contributed by atoms with E-state index >= 15 is 0 Å². The Hall–Kier alpha value is -2.60. The molecule has 0 amide bonds. The second-order valence-corrected chi connectivity index (χ2v) is 6.32. The number of nitrogens with zero attached hydrogens (tertiary/aromatic N) is 6. The van der Waals surface area contributed by atoms with E-state index in [9.17, 15) is 0 Å². The van der Waals surface area contributed by atoms with Gasteiger partial charge < -0.3 is 0 Å². The fourth-order valence-corrected chi connectivity index (χ4v) is 3.50. The van der Waals surface area contributed by atoms with Crippen LogP contribution < -0.4 is 0 Å². The molecule has 0 spiro atoms. The first kappa shape index (κ1) is 15.9. The highest BCUT2D eigenvalue weighted by Crippen LogP contribution is 2.31. The molecule has 1 aliphatic rings. The molecule has 0 aliphatic carbocycles. The van der Waals surface area contributed by atoms with E-state index in [2.05, 4.69) is 32.8 Å². The van der Waals surface area contributed by atoms with E-state index in [0.29, 0.717) is 6.04 Å². The second-order valence-electron chi connectivity index (χ2n) is 6.32. The smallest absolute Gasteiger partial charge is 0.156 e. The molecule has 4 rings (SSSR count). The summed E-state index contributed by atoms with van der Waals surface area (Å²) in [5.74, 6) is 1.85. The SMILES string of the molecule is CCc1nccn1-c1cncc([C@H]2CCCN2Cc2ccccn2)n1. The molecule has 1 saturated heterocycles. The molecule has 0 saturated carbocycles. The van der Waals surface area contributed by atoms with E-state index in [1.54, 1.807) is 0 Å². The van der Waals surface area contributed by atoms with Crippen LogP contribution in [0.4, 0.5) is 0 Å². The lowest BCUT2D eigenvalue weighted by atomic mass is 10.1. The average Bonchev–Trinajstić information content (AvgIpc) is 3.32. The van der Waals surface area contributed by atoms with Gasteiger partial charge in [-0.25, -0.2) is 9.97 Å². The molecule has 0 aromatic carbocycles. The number of likely N-dealkylation sites (tertiary alicyclic amines) is 1. The molecular weight excluding hydrogens is 312 g/mol. The summed E-state index contributed by atoms with van der Waals surface area (Å²) in [4.78, 5) is 20.6. The van der Waals surface area contributed by atoms with Crippen molar-refractivity contribution in [3.05, 3.63) is 66.4 Å². The minimum Gasteiger partial charge on any atom is -0.289 e. The first-order valence-corrected chi connectivity index (χ1v) is 8.83. The van der Waals surface area contributed by atoms with Crippen LogP contribution in [0.1, 0.15) is 43.0 Å². The molecule has 6 nitrogen and oxygen atoms in total. The van der Waals surface area contributed by atoms with Gasteiger partial charge in [-0.05, 0) is 31.5 Å². The van der Waals surface area contributed by atoms with Crippen LogP contribution in [0.25, 0.3) is 5.82 Å². The van der Waals surface area contributed by atoms with Gasteiger partial charge in [-0.3, -0.25) is 19.4 Å². The second kappa shape index (κ2) is 7.11. The number of rotatable bonds is 5. The molecule has 3 aromatic heterocycles. The van der Waals surface area contributed by atoms with Gasteiger partial charge in [-0.2, -0.15) is 0 Å². The normalized spacial score (nSPS) is 17.9. The van der Waals surface area contributed by atoms with Gasteiger partial charge in [0.2, 0.25) is 0 Å². The van der Waals surface area contributed by atoms with Crippen LogP contribution >= 0.6 is 0 Å². The summed E-state index contributed by atoms with van der Waals surface area (Å²) in [6.07, 6.45) is 12.5. The third-order valence-electron chi connectivity index (χ3n) is 4.72. The molecule has 128 valence electrons. The van der Waals surface area contributed by atoms with Crippen molar-refractivity contribution in [2.45, 2.75) is 38.8 Å². The van der Waals surface area contributed by atoms with Crippen LogP contribution in [0.3, 0.4) is 0 Å². The zero-order chi connectivity index (χ0) is 17.1. The van der Waals surface area contributed by atoms with E-state index in [4.69, 9.17) is 4.98 Å². The molecule has 0 bridgehead atoms. The number of hydrogen-bond donors (Lipinski definition) is 0. The lowest BCUT2D eigenvalue weighted by Crippen LogP contribution is -2.24. The largest absolute Gasteiger partial charge is 0.289 e. The molecule has 0 radical (unpaired) electrons.